The predicted octanol–water partition coefficient (Wildman–Crippen LogP) is 4.26. The van der Waals surface area contributed by atoms with Crippen molar-refractivity contribution in [1.82, 2.24) is 4.90 Å². The van der Waals surface area contributed by atoms with Gasteiger partial charge in [-0.3, -0.25) is 14.4 Å². The Morgan fingerprint density at radius 1 is 1.03 bits per heavy atom. The number of esters is 1. The molecule has 0 spiro atoms. The molecule has 0 saturated carbocycles. The average molecular weight is 436 g/mol. The summed E-state index contributed by atoms with van der Waals surface area (Å²) >= 11 is 0. The number of nitrogens with zero attached hydrogens (tertiary/aromatic N) is 1. The highest BCUT2D eigenvalue weighted by Gasteiger charge is 2.34. The summed E-state index contributed by atoms with van der Waals surface area (Å²) in [6, 6.07) is 16.1. The monoisotopic (exact) mass is 435 g/mol. The number of methoxy groups -OCH3 is 1. The number of aldehydes is 1. The summed E-state index contributed by atoms with van der Waals surface area (Å²) in [5.41, 5.74) is 2.17. The van der Waals surface area contributed by atoms with Crippen molar-refractivity contribution in [2.45, 2.75) is 44.4 Å². The molecule has 3 rings (SSSR count). The maximum Gasteiger partial charge on any atom is 0.306 e. The summed E-state index contributed by atoms with van der Waals surface area (Å²) in [6.45, 7) is 0.473. The molecular formula is C26H29NO5. The Hall–Kier alpha value is -3.25. The third-order valence-corrected chi connectivity index (χ3v) is 5.44. The van der Waals surface area contributed by atoms with E-state index < -0.39 is 12.1 Å². The number of carbonyl (C=O) groups excluding carboxylic acids is 3. The zero-order valence-electron chi connectivity index (χ0n) is 18.3. The van der Waals surface area contributed by atoms with Crippen LogP contribution >= 0.6 is 0 Å². The van der Waals surface area contributed by atoms with Gasteiger partial charge in [0.2, 0.25) is 5.91 Å². The Bertz CT molecular complexity index is 940. The number of allylic oxidation sites excluding steroid dienone is 2. The van der Waals surface area contributed by atoms with Crippen LogP contribution in [0, 0.1) is 0 Å². The molecule has 1 aliphatic rings. The number of carbonyl (C=O) groups is 3. The average Bonchev–Trinajstić information content (AvgIpc) is 2.82. The van der Waals surface area contributed by atoms with Gasteiger partial charge in [0, 0.05) is 32.1 Å². The van der Waals surface area contributed by atoms with Crippen LogP contribution in [0.25, 0.3) is 0 Å². The predicted molar refractivity (Wildman–Crippen MR) is 121 cm³/mol. The Labute approximate surface area is 188 Å². The maximum absolute atomic E-state index is 13.4. The summed E-state index contributed by atoms with van der Waals surface area (Å²) < 4.78 is 11.4. The van der Waals surface area contributed by atoms with Gasteiger partial charge in [0.25, 0.3) is 0 Å². The summed E-state index contributed by atoms with van der Waals surface area (Å²) in [7, 11) is 1.57. The second-order valence-corrected chi connectivity index (χ2v) is 7.78. The third kappa shape index (κ3) is 6.37. The summed E-state index contributed by atoms with van der Waals surface area (Å²) in [5, 5.41) is 0. The first kappa shape index (κ1) is 23.4. The molecule has 0 bridgehead atoms. The van der Waals surface area contributed by atoms with Crippen molar-refractivity contribution in [3.8, 4) is 0 Å². The first-order valence-electron chi connectivity index (χ1n) is 10.8. The van der Waals surface area contributed by atoms with Gasteiger partial charge in [-0.1, -0.05) is 60.7 Å². The molecule has 0 aromatic heterocycles. The molecule has 6 heteroatoms. The molecule has 0 unspecified atom stereocenters. The summed E-state index contributed by atoms with van der Waals surface area (Å²) in [4.78, 5) is 38.9. The molecule has 0 aliphatic carbocycles. The van der Waals surface area contributed by atoms with E-state index >= 15 is 0 Å². The van der Waals surface area contributed by atoms with Crippen molar-refractivity contribution in [3.63, 3.8) is 0 Å². The van der Waals surface area contributed by atoms with Gasteiger partial charge >= 0.3 is 5.97 Å². The molecule has 2 aromatic carbocycles. The van der Waals surface area contributed by atoms with Gasteiger partial charge in [0.1, 0.15) is 12.4 Å². The fourth-order valence-electron chi connectivity index (χ4n) is 3.86. The highest BCUT2D eigenvalue weighted by Crippen LogP contribution is 2.29. The largest absolute Gasteiger partial charge is 0.455 e. The molecule has 0 fully saturated rings. The van der Waals surface area contributed by atoms with Crippen LogP contribution in [-0.4, -0.2) is 42.8 Å². The lowest BCUT2D eigenvalue weighted by Gasteiger charge is -2.37. The molecule has 0 N–H and O–H groups in total. The molecule has 1 amide bonds. The molecule has 6 nitrogen and oxygen atoms in total. The number of rotatable bonds is 6. The lowest BCUT2D eigenvalue weighted by atomic mass is 9.99. The maximum atomic E-state index is 13.4. The second kappa shape index (κ2) is 12.0. The second-order valence-electron chi connectivity index (χ2n) is 7.78. The zero-order chi connectivity index (χ0) is 22.8. The van der Waals surface area contributed by atoms with E-state index in [1.165, 1.54) is 0 Å². The topological polar surface area (TPSA) is 72.9 Å². The molecule has 32 heavy (non-hydrogen) atoms. The molecule has 2 atom stereocenters. The number of benzene rings is 2. The van der Waals surface area contributed by atoms with Crippen molar-refractivity contribution in [3.05, 3.63) is 83.4 Å². The number of amides is 1. The Kier molecular flexibility index (Phi) is 8.75. The van der Waals surface area contributed by atoms with Gasteiger partial charge in [0.05, 0.1) is 12.6 Å². The van der Waals surface area contributed by atoms with Crippen LogP contribution in [-0.2, 0) is 25.6 Å². The van der Waals surface area contributed by atoms with Crippen molar-refractivity contribution >= 4 is 18.2 Å². The van der Waals surface area contributed by atoms with Crippen LogP contribution in [0.3, 0.4) is 0 Å². The molecule has 168 valence electrons. The zero-order valence-corrected chi connectivity index (χ0v) is 18.3. The molecule has 1 heterocycles. The van der Waals surface area contributed by atoms with E-state index in [1.807, 2.05) is 48.6 Å². The van der Waals surface area contributed by atoms with Crippen molar-refractivity contribution in [2.75, 3.05) is 13.7 Å². The summed E-state index contributed by atoms with van der Waals surface area (Å²) in [5.74, 6) is -0.383. The Morgan fingerprint density at radius 3 is 2.50 bits per heavy atom. The molecule has 0 radical (unpaired) electrons. The van der Waals surface area contributed by atoms with E-state index in [2.05, 4.69) is 0 Å². The van der Waals surface area contributed by atoms with Gasteiger partial charge < -0.3 is 14.4 Å². The Balaban J connectivity index is 2.04. The van der Waals surface area contributed by atoms with E-state index in [-0.39, 0.29) is 31.4 Å². The van der Waals surface area contributed by atoms with E-state index in [4.69, 9.17) is 9.47 Å². The van der Waals surface area contributed by atoms with Crippen LogP contribution in [0.5, 0.6) is 0 Å². The molecule has 1 aliphatic heterocycles. The van der Waals surface area contributed by atoms with Crippen LogP contribution in [0.2, 0.25) is 0 Å². The van der Waals surface area contributed by atoms with Crippen molar-refractivity contribution in [1.29, 1.82) is 0 Å². The number of cyclic esters (lactones) is 1. The van der Waals surface area contributed by atoms with E-state index in [9.17, 15) is 14.4 Å². The van der Waals surface area contributed by atoms with Gasteiger partial charge in [-0.05, 0) is 30.0 Å². The lowest BCUT2D eigenvalue weighted by Crippen LogP contribution is -2.47. The van der Waals surface area contributed by atoms with Gasteiger partial charge in [-0.2, -0.15) is 0 Å². The number of hydrogen-bond donors (Lipinski definition) is 0. The van der Waals surface area contributed by atoms with Crippen molar-refractivity contribution in [2.24, 2.45) is 0 Å². The minimum atomic E-state index is -0.676. The van der Waals surface area contributed by atoms with E-state index in [0.717, 1.165) is 17.4 Å². The molecular weight excluding hydrogens is 406 g/mol. The smallest absolute Gasteiger partial charge is 0.306 e. The minimum Gasteiger partial charge on any atom is -0.455 e. The van der Waals surface area contributed by atoms with Crippen LogP contribution in [0.15, 0.2) is 66.7 Å². The number of ether oxygens (including phenoxy) is 2. The summed E-state index contributed by atoms with van der Waals surface area (Å²) in [6.07, 6.45) is 5.73. The van der Waals surface area contributed by atoms with E-state index in [1.54, 1.807) is 30.2 Å². The van der Waals surface area contributed by atoms with Crippen LogP contribution < -0.4 is 0 Å². The fourth-order valence-corrected chi connectivity index (χ4v) is 3.86. The molecule has 2 aromatic rings. The van der Waals surface area contributed by atoms with Gasteiger partial charge in [-0.25, -0.2) is 0 Å². The van der Waals surface area contributed by atoms with E-state index in [0.29, 0.717) is 24.8 Å². The third-order valence-electron chi connectivity index (χ3n) is 5.44. The Morgan fingerprint density at radius 2 is 1.78 bits per heavy atom. The highest BCUT2D eigenvalue weighted by molar-refractivity contribution is 5.78. The van der Waals surface area contributed by atoms with Gasteiger partial charge in [-0.15, -0.1) is 0 Å². The van der Waals surface area contributed by atoms with Gasteiger partial charge in [0.15, 0.2) is 0 Å². The highest BCUT2D eigenvalue weighted by atomic mass is 16.5. The lowest BCUT2D eigenvalue weighted by molar-refractivity contribution is -0.159. The standard InChI is InChI=1S/C26H29NO5/c1-31-19-23-26(22-12-5-4-6-13-22)32-25(30)15-8-3-2-7-14-24(29)27(23)17-20-10-9-11-21(16-20)18-28/h2-6,9-13,16,18,23,26H,7-8,14-15,17,19H2,1H3/b3-2+/t23-,26-/m0/s1. The quantitative estimate of drug-likeness (QED) is 0.385. The first-order valence-corrected chi connectivity index (χ1v) is 10.8. The molecule has 0 saturated heterocycles. The number of hydrogen-bond acceptors (Lipinski definition) is 5. The SMILES string of the molecule is COC[C@H]1[C@H](c2ccccc2)OC(=O)CC/C=C/CCC(=O)N1Cc1cccc(C=O)c1. The van der Waals surface area contributed by atoms with Crippen LogP contribution in [0.1, 0.15) is 53.3 Å². The fraction of sp³-hybridized carbons (Fsp3) is 0.346. The normalized spacial score (nSPS) is 21.2. The first-order chi connectivity index (χ1) is 15.6. The van der Waals surface area contributed by atoms with Crippen molar-refractivity contribution < 1.29 is 23.9 Å². The minimum absolute atomic E-state index is 0.0641. The van der Waals surface area contributed by atoms with Crippen LogP contribution in [0.4, 0.5) is 0 Å².